The number of nitrogens with one attached hydrogen (secondary N) is 4. The van der Waals surface area contributed by atoms with Gasteiger partial charge in [-0.05, 0) is 91.5 Å². The number of thiazole rings is 1. The van der Waals surface area contributed by atoms with Crippen LogP contribution in [0.3, 0.4) is 0 Å². The van der Waals surface area contributed by atoms with Crippen LogP contribution in [-0.4, -0.2) is 48.2 Å². The number of halogens is 1. The van der Waals surface area contributed by atoms with Gasteiger partial charge in [0.1, 0.15) is 5.82 Å². The minimum absolute atomic E-state index is 0.00850. The maximum atomic E-state index is 14.1. The average molecular weight is 661 g/mol. The molecular formula is C31H41FN6O5S2. The fraction of sp³-hybridized carbons (Fsp3) is 0.484. The van der Waals surface area contributed by atoms with Gasteiger partial charge in [-0.15, -0.1) is 11.3 Å². The van der Waals surface area contributed by atoms with Crippen LogP contribution in [0.2, 0.25) is 0 Å². The molecule has 4 N–H and O–H groups in total. The molecule has 3 amide bonds. The molecule has 1 atom stereocenters. The Kier molecular flexibility index (Phi) is 10.8. The van der Waals surface area contributed by atoms with Gasteiger partial charge in [-0.25, -0.2) is 32.1 Å². The number of urea groups is 1. The van der Waals surface area contributed by atoms with Gasteiger partial charge < -0.3 is 20.7 Å². The summed E-state index contributed by atoms with van der Waals surface area (Å²) < 4.78 is 49.3. The molecule has 1 aromatic carbocycles. The smallest absolute Gasteiger partial charge is 0.407 e. The topological polar surface area (TPSA) is 151 Å². The summed E-state index contributed by atoms with van der Waals surface area (Å²) in [6.07, 6.45) is 5.76. The molecule has 4 rings (SSSR count). The largest absolute Gasteiger partial charge is 0.447 e. The van der Waals surface area contributed by atoms with Gasteiger partial charge in [0.25, 0.3) is 0 Å². The lowest BCUT2D eigenvalue weighted by Crippen LogP contribution is -2.40. The molecule has 0 bridgehead atoms. The highest BCUT2D eigenvalue weighted by atomic mass is 32.2. The molecule has 0 saturated heterocycles. The first-order chi connectivity index (χ1) is 21.1. The molecule has 0 aliphatic heterocycles. The van der Waals surface area contributed by atoms with Crippen molar-refractivity contribution in [1.29, 1.82) is 0 Å². The highest BCUT2D eigenvalue weighted by Crippen LogP contribution is 2.40. The number of nitrogens with zero attached hydrogens (tertiary/aromatic N) is 2. The van der Waals surface area contributed by atoms with Crippen molar-refractivity contribution < 1.29 is 27.1 Å². The Hall–Kier alpha value is -3.62. The maximum Gasteiger partial charge on any atom is 0.407 e. The minimum Gasteiger partial charge on any atom is -0.447 e. The summed E-state index contributed by atoms with van der Waals surface area (Å²) in [7, 11) is -4.02. The third-order valence-corrected chi connectivity index (χ3v) is 10.0. The number of sulfonamides is 1. The number of aromatic nitrogens is 2. The normalized spacial score (nSPS) is 17.9. The Labute approximate surface area is 267 Å². The minimum atomic E-state index is -4.02. The van der Waals surface area contributed by atoms with Crippen LogP contribution in [0.25, 0.3) is 10.4 Å². The van der Waals surface area contributed by atoms with Gasteiger partial charge in [-0.3, -0.25) is 4.98 Å². The molecular weight excluding hydrogens is 620 g/mol. The van der Waals surface area contributed by atoms with E-state index in [1.165, 1.54) is 35.7 Å². The van der Waals surface area contributed by atoms with E-state index in [0.717, 1.165) is 30.7 Å². The number of carbonyl (C=O) groups excluding carboxylic acids is 2. The van der Waals surface area contributed by atoms with E-state index in [2.05, 4.69) is 30.6 Å². The van der Waals surface area contributed by atoms with Crippen LogP contribution in [0.15, 0.2) is 47.6 Å². The van der Waals surface area contributed by atoms with Crippen molar-refractivity contribution in [3.05, 3.63) is 59.2 Å². The van der Waals surface area contributed by atoms with Crippen molar-refractivity contribution >= 4 is 39.2 Å². The van der Waals surface area contributed by atoms with Gasteiger partial charge in [0.05, 0.1) is 32.6 Å². The molecule has 1 aliphatic rings. The molecule has 1 fully saturated rings. The summed E-state index contributed by atoms with van der Waals surface area (Å²) in [5.74, 6) is -0.359. The lowest BCUT2D eigenvalue weighted by atomic mass is 9.86. The van der Waals surface area contributed by atoms with E-state index < -0.39 is 39.5 Å². The highest BCUT2D eigenvalue weighted by molar-refractivity contribution is 7.89. The first-order valence-corrected chi connectivity index (χ1v) is 17.2. The number of rotatable bonds is 9. The number of alkyl carbamates (subject to hydrolysis) is 1. The molecule has 45 heavy (non-hydrogen) atoms. The molecule has 14 heteroatoms. The van der Waals surface area contributed by atoms with Gasteiger partial charge in [0.2, 0.25) is 10.0 Å². The summed E-state index contributed by atoms with van der Waals surface area (Å²) in [6, 6.07) is 6.05. The van der Waals surface area contributed by atoms with Crippen LogP contribution in [0, 0.1) is 5.82 Å². The quantitative estimate of drug-likeness (QED) is 0.206. The first kappa shape index (κ1) is 34.3. The summed E-state index contributed by atoms with van der Waals surface area (Å²) in [4.78, 5) is 34.1. The van der Waals surface area contributed by atoms with Crippen molar-refractivity contribution in [2.45, 2.75) is 102 Å². The zero-order valence-electron chi connectivity index (χ0n) is 26.3. The molecule has 11 nitrogen and oxygen atoms in total. The van der Waals surface area contributed by atoms with Crippen LogP contribution < -0.4 is 20.7 Å². The second kappa shape index (κ2) is 14.2. The number of hydrogen-bond acceptors (Lipinski definition) is 8. The Morgan fingerprint density at radius 3 is 2.42 bits per heavy atom. The molecule has 1 aliphatic carbocycles. The number of ether oxygens (including phenoxy) is 1. The number of benzene rings is 1. The van der Waals surface area contributed by atoms with E-state index in [1.807, 2.05) is 13.8 Å². The molecule has 2 aromatic heterocycles. The summed E-state index contributed by atoms with van der Waals surface area (Å²) in [5.41, 5.74) is 0.0228. The van der Waals surface area contributed by atoms with Gasteiger partial charge in [-0.2, -0.15) is 0 Å². The molecule has 0 unspecified atom stereocenters. The number of carbonyl (C=O) groups is 2. The molecule has 1 saturated carbocycles. The molecule has 3 aromatic rings. The van der Waals surface area contributed by atoms with Gasteiger partial charge in [-0.1, -0.05) is 6.07 Å². The van der Waals surface area contributed by atoms with E-state index in [9.17, 15) is 22.4 Å². The van der Waals surface area contributed by atoms with Gasteiger partial charge in [0.15, 0.2) is 0 Å². The predicted octanol–water partition coefficient (Wildman–Crippen LogP) is 6.46. The Morgan fingerprint density at radius 2 is 1.78 bits per heavy atom. The fourth-order valence-electron chi connectivity index (χ4n) is 5.13. The Balaban J connectivity index is 1.53. The lowest BCUT2D eigenvalue weighted by molar-refractivity contribution is 0.109. The summed E-state index contributed by atoms with van der Waals surface area (Å²) in [6.45, 7) is 10.5. The highest BCUT2D eigenvalue weighted by Gasteiger charge is 2.29. The SMILES string of the molecule is CC(C)OC(=O)NC1CCC(c2ncc(-c3ccc(NC(=O)N[C@H](C)c4ncccc4F)cc3S(=O)(=O)NC(C)(C)C)s2)CC1. The van der Waals surface area contributed by atoms with Crippen LogP contribution in [0.4, 0.5) is 19.7 Å². The van der Waals surface area contributed by atoms with Gasteiger partial charge in [0, 0.05) is 41.1 Å². The number of anilines is 1. The lowest BCUT2D eigenvalue weighted by Gasteiger charge is -2.28. The van der Waals surface area contributed by atoms with Crippen LogP contribution in [0.1, 0.15) is 89.9 Å². The number of amides is 3. The Bertz CT molecular complexity index is 1610. The van der Waals surface area contributed by atoms with Crippen molar-refractivity contribution in [3.8, 4) is 10.4 Å². The third kappa shape index (κ3) is 9.44. The van der Waals surface area contributed by atoms with E-state index >= 15 is 0 Å². The van der Waals surface area contributed by atoms with Crippen molar-refractivity contribution in [3.63, 3.8) is 0 Å². The average Bonchev–Trinajstić information content (AvgIpc) is 3.42. The molecule has 244 valence electrons. The molecule has 0 spiro atoms. The fourth-order valence-corrected chi connectivity index (χ4v) is 7.99. The number of hydrogen-bond donors (Lipinski definition) is 4. The first-order valence-electron chi connectivity index (χ1n) is 14.9. The summed E-state index contributed by atoms with van der Waals surface area (Å²) >= 11 is 1.43. The zero-order valence-corrected chi connectivity index (χ0v) is 27.9. The zero-order chi connectivity index (χ0) is 32.9. The van der Waals surface area contributed by atoms with Crippen molar-refractivity contribution in [2.75, 3.05) is 5.32 Å². The van der Waals surface area contributed by atoms with Crippen molar-refractivity contribution in [1.82, 2.24) is 25.3 Å². The van der Waals surface area contributed by atoms with E-state index in [4.69, 9.17) is 4.74 Å². The second-order valence-electron chi connectivity index (χ2n) is 12.5. The third-order valence-electron chi connectivity index (χ3n) is 7.04. The Morgan fingerprint density at radius 1 is 1.07 bits per heavy atom. The van der Waals surface area contributed by atoms with Crippen LogP contribution in [-0.2, 0) is 14.8 Å². The van der Waals surface area contributed by atoms with E-state index in [-0.39, 0.29) is 34.3 Å². The molecule has 0 radical (unpaired) electrons. The van der Waals surface area contributed by atoms with Crippen LogP contribution >= 0.6 is 11.3 Å². The predicted molar refractivity (Wildman–Crippen MR) is 172 cm³/mol. The van der Waals surface area contributed by atoms with E-state index in [1.54, 1.807) is 46.0 Å². The van der Waals surface area contributed by atoms with Crippen LogP contribution in [0.5, 0.6) is 0 Å². The summed E-state index contributed by atoms with van der Waals surface area (Å²) in [5, 5.41) is 9.12. The standard InChI is InChI=1S/C31H41FN6O5S2/c1-18(2)43-30(40)37-21-11-9-20(10-12-21)28-34-17-25(44-28)23-14-13-22(16-26(23)45(41,42)38-31(4,5)6)36-29(39)35-19(3)27-24(32)8-7-15-33-27/h7-8,13-21,38H,9-12H2,1-6H3,(H,37,40)(H2,35,36,39)/t19-,20?,21?/m1/s1. The monoisotopic (exact) mass is 660 g/mol. The maximum absolute atomic E-state index is 14.1. The molecule has 2 heterocycles. The second-order valence-corrected chi connectivity index (χ2v) is 15.2. The van der Waals surface area contributed by atoms with Gasteiger partial charge >= 0.3 is 12.1 Å². The number of pyridine rings is 1. The van der Waals surface area contributed by atoms with Crippen molar-refractivity contribution in [2.24, 2.45) is 0 Å². The van der Waals surface area contributed by atoms with E-state index in [0.29, 0.717) is 10.4 Å².